The van der Waals surface area contributed by atoms with Crippen LogP contribution in [0.15, 0.2) is 174 Å². The summed E-state index contributed by atoms with van der Waals surface area (Å²) in [6.45, 7) is 0. The van der Waals surface area contributed by atoms with Gasteiger partial charge in [-0.3, -0.25) is 0 Å². The van der Waals surface area contributed by atoms with E-state index in [1.54, 1.807) is 0 Å². The quantitative estimate of drug-likeness (QED) is 0.191. The van der Waals surface area contributed by atoms with E-state index in [1.807, 2.05) is 0 Å². The monoisotopic (exact) mass is 572 g/mol. The predicted octanol–water partition coefficient (Wildman–Crippen LogP) is 12.6. The van der Waals surface area contributed by atoms with E-state index in [9.17, 15) is 0 Å². The molecule has 0 saturated heterocycles. The SMILES string of the molecule is c1ccc(-c2ccc(-c3ccc4c(c3)oc3ccc(-c5c6ccccc6c(-c6ccccc6)c6ccccc56)cc34)cc2)cc1. The molecule has 210 valence electrons. The molecule has 9 rings (SSSR count). The first-order chi connectivity index (χ1) is 22.3. The third kappa shape index (κ3) is 4.24. The Balaban J connectivity index is 1.19. The fourth-order valence-electron chi connectivity index (χ4n) is 6.95. The second-order valence-corrected chi connectivity index (χ2v) is 11.7. The molecule has 0 fully saturated rings. The van der Waals surface area contributed by atoms with Crippen LogP contribution in [0.2, 0.25) is 0 Å². The Kier molecular flexibility index (Phi) is 5.89. The number of fused-ring (bicyclic) bond motifs is 5. The Labute approximate surface area is 261 Å². The second-order valence-electron chi connectivity index (χ2n) is 11.7. The van der Waals surface area contributed by atoms with Gasteiger partial charge in [-0.1, -0.05) is 146 Å². The average Bonchev–Trinajstić information content (AvgIpc) is 3.48. The summed E-state index contributed by atoms with van der Waals surface area (Å²) in [4.78, 5) is 0. The Bertz CT molecular complexity index is 2450. The van der Waals surface area contributed by atoms with Crippen LogP contribution in [0.25, 0.3) is 88.0 Å². The molecule has 0 aliphatic heterocycles. The summed E-state index contributed by atoms with van der Waals surface area (Å²) in [7, 11) is 0. The lowest BCUT2D eigenvalue weighted by atomic mass is 9.86. The van der Waals surface area contributed by atoms with Gasteiger partial charge >= 0.3 is 0 Å². The van der Waals surface area contributed by atoms with Crippen LogP contribution in [-0.4, -0.2) is 0 Å². The molecule has 0 spiro atoms. The van der Waals surface area contributed by atoms with Crippen LogP contribution >= 0.6 is 0 Å². The van der Waals surface area contributed by atoms with Gasteiger partial charge in [0.15, 0.2) is 0 Å². The fraction of sp³-hybridized carbons (Fsp3) is 0. The van der Waals surface area contributed by atoms with Gasteiger partial charge in [-0.05, 0) is 90.3 Å². The summed E-state index contributed by atoms with van der Waals surface area (Å²) >= 11 is 0. The summed E-state index contributed by atoms with van der Waals surface area (Å²) in [5.41, 5.74) is 11.5. The van der Waals surface area contributed by atoms with Gasteiger partial charge in [0.1, 0.15) is 11.2 Å². The molecule has 1 heterocycles. The average molecular weight is 573 g/mol. The van der Waals surface area contributed by atoms with Crippen LogP contribution in [0.1, 0.15) is 0 Å². The van der Waals surface area contributed by atoms with Crippen molar-refractivity contribution < 1.29 is 4.42 Å². The molecule has 8 aromatic carbocycles. The van der Waals surface area contributed by atoms with E-state index in [2.05, 4.69) is 170 Å². The van der Waals surface area contributed by atoms with Gasteiger partial charge in [-0.25, -0.2) is 0 Å². The van der Waals surface area contributed by atoms with Crippen LogP contribution in [0.4, 0.5) is 0 Å². The molecule has 9 aromatic rings. The number of hydrogen-bond acceptors (Lipinski definition) is 1. The zero-order chi connectivity index (χ0) is 29.7. The second kappa shape index (κ2) is 10.4. The molecule has 0 saturated carbocycles. The zero-order valence-electron chi connectivity index (χ0n) is 24.6. The first kappa shape index (κ1) is 25.6. The molecule has 1 heteroatoms. The third-order valence-corrected chi connectivity index (χ3v) is 9.08. The maximum absolute atomic E-state index is 6.45. The molecule has 0 aliphatic rings. The van der Waals surface area contributed by atoms with Crippen LogP contribution in [0.5, 0.6) is 0 Å². The first-order valence-electron chi connectivity index (χ1n) is 15.4. The summed E-state index contributed by atoms with van der Waals surface area (Å²) in [6.07, 6.45) is 0. The van der Waals surface area contributed by atoms with Gasteiger partial charge in [0.25, 0.3) is 0 Å². The van der Waals surface area contributed by atoms with Crippen molar-refractivity contribution in [3.63, 3.8) is 0 Å². The minimum Gasteiger partial charge on any atom is -0.456 e. The molecular formula is C44H28O. The molecule has 45 heavy (non-hydrogen) atoms. The zero-order valence-corrected chi connectivity index (χ0v) is 24.6. The first-order valence-corrected chi connectivity index (χ1v) is 15.4. The molecule has 0 radical (unpaired) electrons. The Morgan fingerprint density at radius 3 is 1.29 bits per heavy atom. The lowest BCUT2D eigenvalue weighted by molar-refractivity contribution is 0.669. The Morgan fingerprint density at radius 2 is 0.689 bits per heavy atom. The number of benzene rings is 8. The molecular weight excluding hydrogens is 544 g/mol. The van der Waals surface area contributed by atoms with Gasteiger partial charge in [-0.2, -0.15) is 0 Å². The van der Waals surface area contributed by atoms with Crippen LogP contribution in [0, 0.1) is 0 Å². The van der Waals surface area contributed by atoms with Crippen molar-refractivity contribution in [2.24, 2.45) is 0 Å². The van der Waals surface area contributed by atoms with Crippen molar-refractivity contribution in [1.82, 2.24) is 0 Å². The summed E-state index contributed by atoms with van der Waals surface area (Å²) in [5, 5.41) is 7.29. The van der Waals surface area contributed by atoms with Crippen molar-refractivity contribution in [3.05, 3.63) is 170 Å². The molecule has 1 aromatic heterocycles. The molecule has 0 atom stereocenters. The van der Waals surface area contributed by atoms with Crippen LogP contribution < -0.4 is 0 Å². The normalized spacial score (nSPS) is 11.6. The lowest BCUT2D eigenvalue weighted by Gasteiger charge is -2.17. The lowest BCUT2D eigenvalue weighted by Crippen LogP contribution is -1.90. The van der Waals surface area contributed by atoms with Crippen LogP contribution in [0.3, 0.4) is 0 Å². The van der Waals surface area contributed by atoms with Gasteiger partial charge in [0, 0.05) is 10.8 Å². The van der Waals surface area contributed by atoms with Gasteiger partial charge in [-0.15, -0.1) is 0 Å². The van der Waals surface area contributed by atoms with E-state index in [0.29, 0.717) is 0 Å². The summed E-state index contributed by atoms with van der Waals surface area (Å²) in [5.74, 6) is 0. The molecule has 0 amide bonds. The minimum atomic E-state index is 0.903. The van der Waals surface area contributed by atoms with E-state index in [-0.39, 0.29) is 0 Å². The van der Waals surface area contributed by atoms with Crippen molar-refractivity contribution in [2.75, 3.05) is 0 Å². The van der Waals surface area contributed by atoms with Gasteiger partial charge in [0.2, 0.25) is 0 Å². The van der Waals surface area contributed by atoms with Gasteiger partial charge < -0.3 is 4.42 Å². The summed E-state index contributed by atoms with van der Waals surface area (Å²) < 4.78 is 6.45. The highest BCUT2D eigenvalue weighted by Crippen LogP contribution is 2.44. The predicted molar refractivity (Wildman–Crippen MR) is 190 cm³/mol. The molecule has 0 aliphatic carbocycles. The van der Waals surface area contributed by atoms with Crippen molar-refractivity contribution in [2.45, 2.75) is 0 Å². The van der Waals surface area contributed by atoms with Crippen molar-refractivity contribution in [1.29, 1.82) is 0 Å². The van der Waals surface area contributed by atoms with E-state index < -0.39 is 0 Å². The maximum atomic E-state index is 6.45. The third-order valence-electron chi connectivity index (χ3n) is 9.08. The molecule has 1 nitrogen and oxygen atoms in total. The Hall–Kier alpha value is -5.92. The standard InChI is InChI=1S/C44H28O/c1-3-11-29(12-4-1)30-19-21-31(22-20-30)33-23-25-35-40-27-34(24-26-41(40)45-42(35)28-33)44-38-17-9-7-15-36(38)43(32-13-5-2-6-14-32)37-16-8-10-18-39(37)44/h1-28H. The highest BCUT2D eigenvalue weighted by atomic mass is 16.3. The van der Waals surface area contributed by atoms with E-state index in [4.69, 9.17) is 4.42 Å². The number of furan rings is 1. The molecule has 0 N–H and O–H groups in total. The maximum Gasteiger partial charge on any atom is 0.136 e. The highest BCUT2D eigenvalue weighted by Gasteiger charge is 2.18. The largest absolute Gasteiger partial charge is 0.456 e. The Morgan fingerprint density at radius 1 is 0.244 bits per heavy atom. The minimum absolute atomic E-state index is 0.903. The van der Waals surface area contributed by atoms with Crippen molar-refractivity contribution >= 4 is 43.5 Å². The molecule has 0 bridgehead atoms. The van der Waals surface area contributed by atoms with E-state index in [0.717, 1.165) is 27.5 Å². The topological polar surface area (TPSA) is 13.1 Å². The highest BCUT2D eigenvalue weighted by molar-refractivity contribution is 6.22. The van der Waals surface area contributed by atoms with Crippen LogP contribution in [-0.2, 0) is 0 Å². The van der Waals surface area contributed by atoms with Crippen molar-refractivity contribution in [3.8, 4) is 44.5 Å². The number of hydrogen-bond donors (Lipinski definition) is 0. The smallest absolute Gasteiger partial charge is 0.136 e. The summed E-state index contributed by atoms with van der Waals surface area (Å²) in [6, 6.07) is 60.9. The number of rotatable bonds is 4. The van der Waals surface area contributed by atoms with E-state index in [1.165, 1.54) is 60.5 Å². The van der Waals surface area contributed by atoms with Gasteiger partial charge in [0.05, 0.1) is 0 Å². The molecule has 0 unspecified atom stereocenters. The van der Waals surface area contributed by atoms with E-state index >= 15 is 0 Å². The fourth-order valence-corrected chi connectivity index (χ4v) is 6.95.